The van der Waals surface area contributed by atoms with Gasteiger partial charge >= 0.3 is 6.18 Å². The molecule has 2 saturated heterocycles. The number of hydrogen-bond donors (Lipinski definition) is 1. The Morgan fingerprint density at radius 1 is 1.43 bits per heavy atom. The maximum absolute atomic E-state index is 13.0. The highest BCUT2D eigenvalue weighted by Gasteiger charge is 2.38. The molecular formula is C15H14F3N3OS. The molecule has 4 rings (SSSR count). The summed E-state index contributed by atoms with van der Waals surface area (Å²) in [5, 5.41) is 3.99. The van der Waals surface area contributed by atoms with E-state index in [0.717, 1.165) is 42.6 Å². The number of piperidine rings is 1. The third-order valence-electron chi connectivity index (χ3n) is 4.61. The van der Waals surface area contributed by atoms with E-state index in [1.807, 2.05) is 0 Å². The number of alkyl halides is 3. The first-order valence-electron chi connectivity index (χ1n) is 7.41. The number of pyridine rings is 1. The Kier molecular flexibility index (Phi) is 3.35. The molecule has 0 spiro atoms. The molecule has 0 radical (unpaired) electrons. The Bertz CT molecular complexity index is 773. The molecular weight excluding hydrogens is 327 g/mol. The number of amides is 1. The lowest BCUT2D eigenvalue weighted by Crippen LogP contribution is -2.45. The number of carbonyl (C=O) groups excluding carboxylic acids is 1. The van der Waals surface area contributed by atoms with Gasteiger partial charge in [-0.3, -0.25) is 9.69 Å². The molecule has 23 heavy (non-hydrogen) atoms. The third kappa shape index (κ3) is 2.59. The van der Waals surface area contributed by atoms with Crippen LogP contribution in [0.1, 0.15) is 28.9 Å². The average molecular weight is 341 g/mol. The van der Waals surface area contributed by atoms with Gasteiger partial charge in [-0.15, -0.1) is 11.3 Å². The Morgan fingerprint density at radius 3 is 2.91 bits per heavy atom. The van der Waals surface area contributed by atoms with Gasteiger partial charge in [-0.2, -0.15) is 13.2 Å². The van der Waals surface area contributed by atoms with Crippen molar-refractivity contribution in [3.8, 4) is 0 Å². The van der Waals surface area contributed by atoms with Gasteiger partial charge in [-0.1, -0.05) is 0 Å². The first-order valence-corrected chi connectivity index (χ1v) is 8.29. The highest BCUT2D eigenvalue weighted by Crippen LogP contribution is 2.38. The van der Waals surface area contributed by atoms with E-state index in [-0.39, 0.29) is 17.2 Å². The summed E-state index contributed by atoms with van der Waals surface area (Å²) in [5.74, 6) is 0.202. The normalized spacial score (nSPS) is 26.8. The monoisotopic (exact) mass is 341 g/mol. The molecule has 8 heteroatoms. The standard InChI is InChI=1S/C15H14F3N3OS/c16-15(17,18)10-7-23-12-5-19-11(4-9(10)12)14(22)20-13-3-8-1-2-21(13)6-8/h4-5,7-8,13H,1-3,6H2,(H,20,22). The van der Waals surface area contributed by atoms with E-state index in [0.29, 0.717) is 10.6 Å². The van der Waals surface area contributed by atoms with E-state index in [1.54, 1.807) is 0 Å². The van der Waals surface area contributed by atoms with Crippen LogP contribution in [0.3, 0.4) is 0 Å². The number of nitrogens with one attached hydrogen (secondary N) is 1. The number of rotatable bonds is 2. The van der Waals surface area contributed by atoms with E-state index >= 15 is 0 Å². The Balaban J connectivity index is 1.60. The number of fused-ring (bicyclic) bond motifs is 3. The summed E-state index contributed by atoms with van der Waals surface area (Å²) in [6.07, 6.45) is -1.06. The highest BCUT2D eigenvalue weighted by atomic mass is 32.1. The molecule has 3 atom stereocenters. The molecule has 2 fully saturated rings. The molecule has 122 valence electrons. The van der Waals surface area contributed by atoms with E-state index < -0.39 is 17.6 Å². The number of carbonyl (C=O) groups is 1. The topological polar surface area (TPSA) is 45.2 Å². The van der Waals surface area contributed by atoms with Crippen LogP contribution in [-0.4, -0.2) is 35.0 Å². The van der Waals surface area contributed by atoms with E-state index in [2.05, 4.69) is 15.2 Å². The number of aromatic nitrogens is 1. The van der Waals surface area contributed by atoms with Crippen molar-refractivity contribution < 1.29 is 18.0 Å². The Morgan fingerprint density at radius 2 is 2.26 bits per heavy atom. The predicted molar refractivity (Wildman–Crippen MR) is 80.2 cm³/mol. The number of thiophene rings is 1. The molecule has 1 amide bonds. The van der Waals surface area contributed by atoms with E-state index in [4.69, 9.17) is 0 Å². The molecule has 0 saturated carbocycles. The summed E-state index contributed by atoms with van der Waals surface area (Å²) < 4.78 is 39.4. The smallest absolute Gasteiger partial charge is 0.335 e. The van der Waals surface area contributed by atoms with Gasteiger partial charge in [0, 0.05) is 30.1 Å². The number of hydrogen-bond acceptors (Lipinski definition) is 4. The van der Waals surface area contributed by atoms with Gasteiger partial charge in [-0.05, 0) is 24.8 Å². The van der Waals surface area contributed by atoms with Crippen LogP contribution in [0, 0.1) is 5.92 Å². The second kappa shape index (κ2) is 5.17. The van der Waals surface area contributed by atoms with Crippen molar-refractivity contribution in [1.29, 1.82) is 0 Å². The zero-order valence-corrected chi connectivity index (χ0v) is 12.9. The van der Waals surface area contributed by atoms with Crippen LogP contribution in [0.15, 0.2) is 17.6 Å². The van der Waals surface area contributed by atoms with Crippen LogP contribution in [-0.2, 0) is 6.18 Å². The van der Waals surface area contributed by atoms with Crippen molar-refractivity contribution in [2.75, 3.05) is 13.1 Å². The summed E-state index contributed by atoms with van der Waals surface area (Å²) in [6, 6.07) is 1.24. The molecule has 4 heterocycles. The summed E-state index contributed by atoms with van der Waals surface area (Å²) in [4.78, 5) is 18.5. The summed E-state index contributed by atoms with van der Waals surface area (Å²) in [7, 11) is 0. The average Bonchev–Trinajstić information content (AvgIpc) is 3.20. The summed E-state index contributed by atoms with van der Waals surface area (Å²) in [6.45, 7) is 1.95. The second-order valence-electron chi connectivity index (χ2n) is 6.09. The van der Waals surface area contributed by atoms with Crippen LogP contribution in [0.4, 0.5) is 13.2 Å². The van der Waals surface area contributed by atoms with Gasteiger partial charge in [0.15, 0.2) is 0 Å². The maximum Gasteiger partial charge on any atom is 0.417 e. The molecule has 2 bridgehead atoms. The maximum atomic E-state index is 13.0. The molecule has 2 aromatic rings. The van der Waals surface area contributed by atoms with Gasteiger partial charge < -0.3 is 5.32 Å². The van der Waals surface area contributed by atoms with Crippen molar-refractivity contribution in [1.82, 2.24) is 15.2 Å². The first-order chi connectivity index (χ1) is 10.9. The van der Waals surface area contributed by atoms with Crippen LogP contribution < -0.4 is 5.32 Å². The highest BCUT2D eigenvalue weighted by molar-refractivity contribution is 7.17. The van der Waals surface area contributed by atoms with E-state index in [9.17, 15) is 18.0 Å². The molecule has 3 unspecified atom stereocenters. The molecule has 0 aromatic carbocycles. The minimum Gasteiger partial charge on any atom is -0.335 e. The number of nitrogens with zero attached hydrogens (tertiary/aromatic N) is 2. The molecule has 2 aliphatic heterocycles. The fourth-order valence-corrected chi connectivity index (χ4v) is 4.37. The third-order valence-corrected chi connectivity index (χ3v) is 5.54. The van der Waals surface area contributed by atoms with Crippen molar-refractivity contribution in [2.24, 2.45) is 5.92 Å². The fourth-order valence-electron chi connectivity index (χ4n) is 3.46. The van der Waals surface area contributed by atoms with Crippen molar-refractivity contribution in [3.05, 3.63) is 28.9 Å². The second-order valence-corrected chi connectivity index (χ2v) is 7.00. The molecule has 2 aliphatic rings. The number of halogens is 3. The lowest BCUT2D eigenvalue weighted by atomic mass is 10.0. The molecule has 2 aromatic heterocycles. The molecule has 4 nitrogen and oxygen atoms in total. The van der Waals surface area contributed by atoms with Gasteiger partial charge in [0.05, 0.1) is 16.4 Å². The molecule has 0 aliphatic carbocycles. The van der Waals surface area contributed by atoms with Crippen LogP contribution in [0.25, 0.3) is 10.1 Å². The van der Waals surface area contributed by atoms with Gasteiger partial charge in [0.25, 0.3) is 5.91 Å². The van der Waals surface area contributed by atoms with Gasteiger partial charge in [0.2, 0.25) is 0 Å². The van der Waals surface area contributed by atoms with Crippen LogP contribution in [0.2, 0.25) is 0 Å². The first kappa shape index (κ1) is 14.9. The predicted octanol–water partition coefficient (Wildman–Crippen LogP) is 3.10. The van der Waals surface area contributed by atoms with Gasteiger partial charge in [-0.25, -0.2) is 4.98 Å². The Labute approximate surface area is 134 Å². The largest absolute Gasteiger partial charge is 0.417 e. The van der Waals surface area contributed by atoms with Crippen LogP contribution in [0.5, 0.6) is 0 Å². The zero-order chi connectivity index (χ0) is 16.2. The van der Waals surface area contributed by atoms with Gasteiger partial charge in [0.1, 0.15) is 5.69 Å². The zero-order valence-electron chi connectivity index (χ0n) is 12.1. The fraction of sp³-hybridized carbons (Fsp3) is 0.467. The minimum absolute atomic E-state index is 0.0247. The van der Waals surface area contributed by atoms with Crippen molar-refractivity contribution in [2.45, 2.75) is 25.2 Å². The SMILES string of the molecule is O=C(NC1CC2CCN1C2)c1cc2c(C(F)(F)F)csc2cn1. The van der Waals surface area contributed by atoms with Crippen molar-refractivity contribution >= 4 is 27.3 Å². The molecule has 1 N–H and O–H groups in total. The van der Waals surface area contributed by atoms with Crippen molar-refractivity contribution in [3.63, 3.8) is 0 Å². The lowest BCUT2D eigenvalue weighted by Gasteiger charge is -2.25. The Hall–Kier alpha value is -1.67. The van der Waals surface area contributed by atoms with E-state index in [1.165, 1.54) is 12.3 Å². The van der Waals surface area contributed by atoms with Crippen LogP contribution >= 0.6 is 11.3 Å². The summed E-state index contributed by atoms with van der Waals surface area (Å²) in [5.41, 5.74) is -0.678. The lowest BCUT2D eigenvalue weighted by molar-refractivity contribution is -0.136. The summed E-state index contributed by atoms with van der Waals surface area (Å²) >= 11 is 0.982. The quantitative estimate of drug-likeness (QED) is 0.913. The minimum atomic E-state index is -4.43.